The molecule has 1 aromatic heterocycles. The zero-order valence-corrected chi connectivity index (χ0v) is 19.4. The highest BCUT2D eigenvalue weighted by Crippen LogP contribution is 2.29. The van der Waals surface area contributed by atoms with Gasteiger partial charge >= 0.3 is 0 Å². The average molecular weight is 450 g/mol. The third-order valence-corrected chi connectivity index (χ3v) is 8.44. The smallest absolute Gasteiger partial charge is 0.240 e. The minimum absolute atomic E-state index is 0.0317. The lowest BCUT2D eigenvalue weighted by Gasteiger charge is -2.36. The van der Waals surface area contributed by atoms with E-state index >= 15 is 0 Å². The van der Waals surface area contributed by atoms with E-state index in [-0.39, 0.29) is 6.04 Å². The highest BCUT2D eigenvalue weighted by Gasteiger charge is 2.28. The van der Waals surface area contributed by atoms with Crippen molar-refractivity contribution in [2.75, 3.05) is 13.1 Å². The van der Waals surface area contributed by atoms with Crippen LogP contribution in [0, 0.1) is 0 Å². The molecule has 1 unspecified atom stereocenters. The number of sulfonamides is 1. The molecule has 1 aliphatic heterocycles. The fourth-order valence-corrected chi connectivity index (χ4v) is 6.26. The minimum Gasteiger partial charge on any atom is -0.353 e. The molecule has 0 bridgehead atoms. The number of aromatic nitrogens is 1. The first-order valence-electron chi connectivity index (χ1n) is 11.5. The second kappa shape index (κ2) is 8.85. The highest BCUT2D eigenvalue weighted by molar-refractivity contribution is 7.89. The van der Waals surface area contributed by atoms with Crippen molar-refractivity contribution < 1.29 is 8.42 Å². The van der Waals surface area contributed by atoms with E-state index in [0.29, 0.717) is 11.4 Å². The molecule has 1 atom stereocenters. The molecular weight excluding hydrogens is 418 g/mol. The largest absolute Gasteiger partial charge is 0.353 e. The molecule has 0 amide bonds. The second-order valence-electron chi connectivity index (χ2n) is 9.04. The quantitative estimate of drug-likeness (QED) is 0.619. The fourth-order valence-electron chi connectivity index (χ4n) is 5.17. The summed E-state index contributed by atoms with van der Waals surface area (Å²) >= 11 is 0. The van der Waals surface area contributed by atoms with Crippen LogP contribution in [0.15, 0.2) is 65.7 Å². The Balaban J connectivity index is 1.38. The first-order chi connectivity index (χ1) is 15.5. The molecule has 0 spiro atoms. The van der Waals surface area contributed by atoms with E-state index < -0.39 is 10.0 Å². The van der Waals surface area contributed by atoms with Gasteiger partial charge in [-0.25, -0.2) is 13.1 Å². The van der Waals surface area contributed by atoms with Gasteiger partial charge in [0.1, 0.15) is 0 Å². The molecule has 0 saturated heterocycles. The molecule has 0 saturated carbocycles. The number of benzene rings is 2. The van der Waals surface area contributed by atoms with Crippen molar-refractivity contribution in [1.29, 1.82) is 0 Å². The van der Waals surface area contributed by atoms with E-state index in [2.05, 4.69) is 44.5 Å². The number of fused-ring (bicyclic) bond motifs is 2. The molecule has 0 fully saturated rings. The van der Waals surface area contributed by atoms with E-state index in [0.717, 1.165) is 44.5 Å². The van der Waals surface area contributed by atoms with Crippen LogP contribution in [0.5, 0.6) is 0 Å². The SMILES string of the molecule is Cn1cccc1C(CNS(=O)(=O)c1ccc2c(c1)CCCC2)N1CCc2ccccc2C1. The third-order valence-electron chi connectivity index (χ3n) is 7.02. The Kier molecular flexibility index (Phi) is 5.93. The van der Waals surface area contributed by atoms with Crippen LogP contribution in [0.2, 0.25) is 0 Å². The lowest BCUT2D eigenvalue weighted by molar-refractivity contribution is 0.174. The highest BCUT2D eigenvalue weighted by atomic mass is 32.2. The molecule has 0 radical (unpaired) electrons. The fraction of sp³-hybridized carbons (Fsp3) is 0.385. The van der Waals surface area contributed by atoms with Crippen molar-refractivity contribution >= 4 is 10.0 Å². The Morgan fingerprint density at radius 3 is 2.44 bits per heavy atom. The predicted molar refractivity (Wildman–Crippen MR) is 127 cm³/mol. The van der Waals surface area contributed by atoms with E-state index in [1.807, 2.05) is 31.4 Å². The van der Waals surface area contributed by atoms with Gasteiger partial charge in [0, 0.05) is 38.6 Å². The molecule has 1 aliphatic carbocycles. The molecule has 32 heavy (non-hydrogen) atoms. The Morgan fingerprint density at radius 1 is 0.906 bits per heavy atom. The van der Waals surface area contributed by atoms with Crippen LogP contribution in [0.4, 0.5) is 0 Å². The van der Waals surface area contributed by atoms with Crippen molar-refractivity contribution in [3.8, 4) is 0 Å². The molecule has 6 heteroatoms. The number of nitrogens with zero attached hydrogens (tertiary/aromatic N) is 2. The van der Waals surface area contributed by atoms with E-state index in [4.69, 9.17) is 0 Å². The van der Waals surface area contributed by atoms with Gasteiger partial charge in [-0.3, -0.25) is 4.90 Å². The number of hydrogen-bond acceptors (Lipinski definition) is 3. The molecule has 2 aromatic carbocycles. The maximum Gasteiger partial charge on any atom is 0.240 e. The standard InChI is InChI=1S/C26H31N3O2S/c1-28-15-6-11-25(28)26(29-16-14-21-8-3-5-10-23(21)19-29)18-27-32(30,31)24-13-12-20-7-2-4-9-22(20)17-24/h3,5-6,8,10-13,15,17,26-27H,2,4,7,9,14,16,18-19H2,1H3. The van der Waals surface area contributed by atoms with Gasteiger partial charge in [-0.15, -0.1) is 0 Å². The number of nitrogens with one attached hydrogen (secondary N) is 1. The van der Waals surface area contributed by atoms with Crippen molar-refractivity contribution in [1.82, 2.24) is 14.2 Å². The molecule has 3 aromatic rings. The van der Waals surface area contributed by atoms with Crippen LogP contribution in [0.3, 0.4) is 0 Å². The summed E-state index contributed by atoms with van der Waals surface area (Å²) < 4.78 is 31.5. The zero-order valence-electron chi connectivity index (χ0n) is 18.6. The molecule has 2 aliphatic rings. The normalized spacial score (nSPS) is 17.5. The van der Waals surface area contributed by atoms with Gasteiger partial charge in [0.25, 0.3) is 0 Å². The number of aryl methyl sites for hydroxylation is 3. The molecule has 168 valence electrons. The molecule has 5 rings (SSSR count). The summed E-state index contributed by atoms with van der Waals surface area (Å²) in [4.78, 5) is 2.78. The van der Waals surface area contributed by atoms with Gasteiger partial charge in [-0.05, 0) is 78.6 Å². The Morgan fingerprint density at radius 2 is 1.66 bits per heavy atom. The summed E-state index contributed by atoms with van der Waals surface area (Å²) in [5.74, 6) is 0. The Labute approximate surface area is 191 Å². The summed E-state index contributed by atoms with van der Waals surface area (Å²) in [6.45, 7) is 2.08. The number of hydrogen-bond donors (Lipinski definition) is 1. The van der Waals surface area contributed by atoms with Crippen LogP contribution in [0.25, 0.3) is 0 Å². The zero-order chi connectivity index (χ0) is 22.1. The van der Waals surface area contributed by atoms with Crippen LogP contribution in [-0.2, 0) is 42.9 Å². The topological polar surface area (TPSA) is 54.3 Å². The van der Waals surface area contributed by atoms with Crippen molar-refractivity contribution in [2.24, 2.45) is 7.05 Å². The van der Waals surface area contributed by atoms with Gasteiger partial charge in [-0.2, -0.15) is 0 Å². The number of rotatable bonds is 6. The first-order valence-corrected chi connectivity index (χ1v) is 13.0. The molecular formula is C26H31N3O2S. The maximum atomic E-state index is 13.2. The summed E-state index contributed by atoms with van der Waals surface area (Å²) in [5, 5.41) is 0. The average Bonchev–Trinajstić information content (AvgIpc) is 3.24. The van der Waals surface area contributed by atoms with E-state index in [9.17, 15) is 8.42 Å². The lowest BCUT2D eigenvalue weighted by atomic mass is 9.92. The van der Waals surface area contributed by atoms with Gasteiger partial charge in [0.2, 0.25) is 10.0 Å². The maximum absolute atomic E-state index is 13.2. The minimum atomic E-state index is -3.58. The Bertz CT molecular complexity index is 1220. The van der Waals surface area contributed by atoms with Crippen LogP contribution in [0.1, 0.15) is 46.8 Å². The summed E-state index contributed by atoms with van der Waals surface area (Å²) in [6.07, 6.45) is 7.35. The van der Waals surface area contributed by atoms with Crippen LogP contribution < -0.4 is 4.72 Å². The second-order valence-corrected chi connectivity index (χ2v) is 10.8. The predicted octanol–water partition coefficient (Wildman–Crippen LogP) is 3.98. The third kappa shape index (κ3) is 4.27. The van der Waals surface area contributed by atoms with Crippen molar-refractivity contribution in [3.05, 3.63) is 88.7 Å². The van der Waals surface area contributed by atoms with Crippen LogP contribution >= 0.6 is 0 Å². The monoisotopic (exact) mass is 449 g/mol. The molecule has 5 nitrogen and oxygen atoms in total. The van der Waals surface area contributed by atoms with Crippen molar-refractivity contribution in [3.63, 3.8) is 0 Å². The van der Waals surface area contributed by atoms with Gasteiger partial charge in [0.15, 0.2) is 0 Å². The van der Waals surface area contributed by atoms with Gasteiger partial charge in [-0.1, -0.05) is 30.3 Å². The molecule has 1 N–H and O–H groups in total. The Hall–Kier alpha value is -2.41. The van der Waals surface area contributed by atoms with E-state index in [1.165, 1.54) is 28.7 Å². The van der Waals surface area contributed by atoms with Gasteiger partial charge < -0.3 is 4.57 Å². The van der Waals surface area contributed by atoms with Crippen LogP contribution in [-0.4, -0.2) is 31.0 Å². The molecule has 2 heterocycles. The summed E-state index contributed by atoms with van der Waals surface area (Å²) in [6, 6.07) is 18.3. The first kappa shape index (κ1) is 21.4. The summed E-state index contributed by atoms with van der Waals surface area (Å²) in [5.41, 5.74) is 6.33. The lowest BCUT2D eigenvalue weighted by Crippen LogP contribution is -2.41. The van der Waals surface area contributed by atoms with E-state index in [1.54, 1.807) is 6.07 Å². The summed E-state index contributed by atoms with van der Waals surface area (Å²) in [7, 11) is -1.55. The van der Waals surface area contributed by atoms with Crippen molar-refractivity contribution in [2.45, 2.75) is 49.6 Å². The van der Waals surface area contributed by atoms with Gasteiger partial charge in [0.05, 0.1) is 10.9 Å².